The summed E-state index contributed by atoms with van der Waals surface area (Å²) in [6.45, 7) is 1.58. The lowest BCUT2D eigenvalue weighted by Crippen LogP contribution is -2.57. The van der Waals surface area contributed by atoms with E-state index in [1.54, 1.807) is 23.2 Å². The highest BCUT2D eigenvalue weighted by atomic mass is 16.3. The van der Waals surface area contributed by atoms with Gasteiger partial charge in [0.15, 0.2) is 0 Å². The van der Waals surface area contributed by atoms with Crippen LogP contribution in [-0.4, -0.2) is 69.1 Å². The molecular formula is C20H24N6O3. The van der Waals surface area contributed by atoms with Gasteiger partial charge in [0.05, 0.1) is 23.9 Å². The fraction of sp³-hybridized carbons (Fsp3) is 0.450. The number of rotatable bonds is 4. The zero-order valence-corrected chi connectivity index (χ0v) is 16.0. The Bertz CT molecular complexity index is 895. The second-order valence-electron chi connectivity index (χ2n) is 8.05. The second-order valence-corrected chi connectivity index (χ2v) is 8.05. The Morgan fingerprint density at radius 3 is 2.93 bits per heavy atom. The number of nitrogens with zero attached hydrogens (tertiary/aromatic N) is 3. The minimum absolute atomic E-state index is 0.0346. The van der Waals surface area contributed by atoms with Gasteiger partial charge in [-0.1, -0.05) is 12.1 Å². The molecular weight excluding hydrogens is 372 g/mol. The summed E-state index contributed by atoms with van der Waals surface area (Å²) in [5, 5.41) is 18.5. The van der Waals surface area contributed by atoms with Crippen LogP contribution in [0.3, 0.4) is 0 Å². The molecule has 0 spiro atoms. The van der Waals surface area contributed by atoms with Crippen LogP contribution in [0.1, 0.15) is 19.3 Å². The van der Waals surface area contributed by atoms with Crippen molar-refractivity contribution in [2.24, 2.45) is 0 Å². The van der Waals surface area contributed by atoms with Gasteiger partial charge >= 0.3 is 6.03 Å². The van der Waals surface area contributed by atoms with Crippen LogP contribution in [0.25, 0.3) is 0 Å². The molecule has 3 amide bonds. The largest absolute Gasteiger partial charge is 0.394 e. The molecule has 9 nitrogen and oxygen atoms in total. The molecule has 3 aliphatic heterocycles. The fourth-order valence-corrected chi connectivity index (χ4v) is 4.18. The van der Waals surface area contributed by atoms with Gasteiger partial charge in [0, 0.05) is 19.3 Å². The number of aromatic nitrogens is 1. The van der Waals surface area contributed by atoms with E-state index in [9.17, 15) is 14.7 Å². The van der Waals surface area contributed by atoms with Crippen LogP contribution < -0.4 is 16.0 Å². The van der Waals surface area contributed by atoms with E-state index < -0.39 is 11.6 Å². The summed E-state index contributed by atoms with van der Waals surface area (Å²) >= 11 is 0. The lowest BCUT2D eigenvalue weighted by atomic mass is 10.1. The molecule has 2 fully saturated rings. The van der Waals surface area contributed by atoms with Crippen molar-refractivity contribution in [1.29, 1.82) is 0 Å². The molecule has 4 aliphatic rings. The minimum Gasteiger partial charge on any atom is -0.394 e. The summed E-state index contributed by atoms with van der Waals surface area (Å²) in [7, 11) is 0. The topological polar surface area (TPSA) is 110 Å². The predicted octanol–water partition coefficient (Wildman–Crippen LogP) is 0.342. The Morgan fingerprint density at radius 1 is 1.34 bits per heavy atom. The van der Waals surface area contributed by atoms with E-state index in [1.165, 1.54) is 0 Å². The minimum atomic E-state index is -0.596. The zero-order chi connectivity index (χ0) is 20.0. The lowest BCUT2D eigenvalue weighted by Gasteiger charge is -2.41. The Morgan fingerprint density at radius 2 is 2.21 bits per heavy atom. The Kier molecular flexibility index (Phi) is 4.20. The predicted molar refractivity (Wildman–Crippen MR) is 105 cm³/mol. The number of anilines is 1. The summed E-state index contributed by atoms with van der Waals surface area (Å²) in [5.41, 5.74) is 0.439. The quantitative estimate of drug-likeness (QED) is 0.584. The third-order valence-electron chi connectivity index (χ3n) is 6.04. The van der Waals surface area contributed by atoms with E-state index in [0.29, 0.717) is 11.6 Å². The first-order valence-corrected chi connectivity index (χ1v) is 9.97. The van der Waals surface area contributed by atoms with Crippen molar-refractivity contribution in [3.8, 4) is 0 Å². The highest BCUT2D eigenvalue weighted by Crippen LogP contribution is 2.36. The number of amides is 3. The maximum absolute atomic E-state index is 13.1. The highest BCUT2D eigenvalue weighted by molar-refractivity contribution is 5.91. The average molecular weight is 396 g/mol. The Hall–Kier alpha value is -3.07. The highest BCUT2D eigenvalue weighted by Gasteiger charge is 2.46. The van der Waals surface area contributed by atoms with Crippen LogP contribution in [0.2, 0.25) is 0 Å². The molecule has 5 rings (SSSR count). The van der Waals surface area contributed by atoms with Gasteiger partial charge in [-0.05, 0) is 37.5 Å². The number of allylic oxidation sites excluding steroid dienone is 1. The van der Waals surface area contributed by atoms with Gasteiger partial charge in [-0.15, -0.1) is 0 Å². The molecule has 1 aliphatic carbocycles. The van der Waals surface area contributed by atoms with Crippen LogP contribution in [0.15, 0.2) is 48.1 Å². The lowest BCUT2D eigenvalue weighted by molar-refractivity contribution is -0.123. The number of dihydropyridines is 1. The molecule has 2 bridgehead atoms. The summed E-state index contributed by atoms with van der Waals surface area (Å²) in [6, 6.07) is 4.53. The maximum atomic E-state index is 13.1. The summed E-state index contributed by atoms with van der Waals surface area (Å²) in [4.78, 5) is 34.0. The molecule has 1 aromatic heterocycles. The molecule has 2 atom stereocenters. The molecule has 0 aromatic carbocycles. The number of carbonyl (C=O) groups is 2. The number of aliphatic hydroxyl groups is 1. The summed E-state index contributed by atoms with van der Waals surface area (Å²) < 4.78 is 0. The van der Waals surface area contributed by atoms with Gasteiger partial charge in [-0.3, -0.25) is 15.0 Å². The Balaban J connectivity index is 1.37. The summed E-state index contributed by atoms with van der Waals surface area (Å²) in [6.07, 6.45) is 7.79. The van der Waals surface area contributed by atoms with E-state index in [0.717, 1.165) is 38.0 Å². The third kappa shape index (κ3) is 3.21. The standard InChI is InChI=1S/C20H24N6O3/c27-12-20(7-8-20)24-18(28)14-4-5-15-17(22-14)26(13-6-10-25(15)11-13)19(29)23-16-3-1-2-9-21-16/h1-5,9,13-14,22,27H,6-8,10-12H2,(H,24,28)(H,21,23,29)/t13-,14?/m0/s1. The second kappa shape index (κ2) is 6.77. The number of hydrogen-bond donors (Lipinski definition) is 4. The first-order valence-electron chi connectivity index (χ1n) is 9.97. The van der Waals surface area contributed by atoms with Crippen LogP contribution in [0.5, 0.6) is 0 Å². The number of nitrogens with one attached hydrogen (secondary N) is 3. The van der Waals surface area contributed by atoms with Crippen molar-refractivity contribution < 1.29 is 14.7 Å². The normalized spacial score (nSPS) is 26.0. The number of aliphatic hydroxyl groups excluding tert-OH is 1. The molecule has 0 radical (unpaired) electrons. The monoisotopic (exact) mass is 396 g/mol. The van der Waals surface area contributed by atoms with Crippen molar-refractivity contribution in [2.75, 3.05) is 25.0 Å². The molecule has 1 unspecified atom stereocenters. The van der Waals surface area contributed by atoms with Crippen LogP contribution in [0, 0.1) is 0 Å². The van der Waals surface area contributed by atoms with Gasteiger partial charge < -0.3 is 20.6 Å². The summed E-state index contributed by atoms with van der Waals surface area (Å²) in [5.74, 6) is 0.931. The van der Waals surface area contributed by atoms with E-state index in [4.69, 9.17) is 0 Å². The molecule has 29 heavy (non-hydrogen) atoms. The van der Waals surface area contributed by atoms with E-state index in [1.807, 2.05) is 18.2 Å². The number of pyridine rings is 1. The first-order chi connectivity index (χ1) is 14.1. The molecule has 9 heteroatoms. The van der Waals surface area contributed by atoms with Gasteiger partial charge in [-0.2, -0.15) is 0 Å². The van der Waals surface area contributed by atoms with Crippen molar-refractivity contribution in [3.05, 3.63) is 48.1 Å². The molecule has 1 aromatic rings. The number of hydrogen-bond acceptors (Lipinski definition) is 6. The third-order valence-corrected chi connectivity index (χ3v) is 6.04. The first kappa shape index (κ1) is 18.0. The van der Waals surface area contributed by atoms with Crippen molar-refractivity contribution in [3.63, 3.8) is 0 Å². The smallest absolute Gasteiger partial charge is 0.328 e. The maximum Gasteiger partial charge on any atom is 0.328 e. The molecule has 152 valence electrons. The van der Waals surface area contributed by atoms with Crippen LogP contribution >= 0.6 is 0 Å². The van der Waals surface area contributed by atoms with Crippen molar-refractivity contribution >= 4 is 17.8 Å². The van der Waals surface area contributed by atoms with Gasteiger partial charge in [0.1, 0.15) is 17.7 Å². The van der Waals surface area contributed by atoms with E-state index >= 15 is 0 Å². The fourth-order valence-electron chi connectivity index (χ4n) is 4.18. The van der Waals surface area contributed by atoms with Crippen molar-refractivity contribution in [1.82, 2.24) is 25.4 Å². The SMILES string of the molecule is O=C(NC1(CO)CC1)C1C=CC2=C(N1)N(C(=O)Nc1ccccn1)[C@H]1CCN2C1. The molecule has 1 saturated carbocycles. The molecule has 4 N–H and O–H groups in total. The van der Waals surface area contributed by atoms with Gasteiger partial charge in [0.2, 0.25) is 5.91 Å². The zero-order valence-electron chi connectivity index (χ0n) is 16.0. The van der Waals surface area contributed by atoms with Crippen LogP contribution in [0.4, 0.5) is 10.6 Å². The average Bonchev–Trinajstić information content (AvgIpc) is 3.40. The van der Waals surface area contributed by atoms with E-state index in [-0.39, 0.29) is 24.6 Å². The van der Waals surface area contributed by atoms with E-state index in [2.05, 4.69) is 25.8 Å². The molecule has 1 saturated heterocycles. The molecule has 4 heterocycles. The van der Waals surface area contributed by atoms with Gasteiger partial charge in [-0.25, -0.2) is 9.78 Å². The van der Waals surface area contributed by atoms with Gasteiger partial charge in [0.25, 0.3) is 0 Å². The number of fused-ring (bicyclic) bond motifs is 3. The number of urea groups is 1. The Labute approximate surface area is 168 Å². The van der Waals surface area contributed by atoms with Crippen LogP contribution in [-0.2, 0) is 4.79 Å². The van der Waals surface area contributed by atoms with Crippen molar-refractivity contribution in [2.45, 2.75) is 36.9 Å². The number of carbonyl (C=O) groups excluding carboxylic acids is 2.